The van der Waals surface area contributed by atoms with Gasteiger partial charge < -0.3 is 9.67 Å². The van der Waals surface area contributed by atoms with Gasteiger partial charge in [0.2, 0.25) is 0 Å². The van der Waals surface area contributed by atoms with Crippen LogP contribution in [-0.4, -0.2) is 14.7 Å². The third kappa shape index (κ3) is 3.72. The predicted molar refractivity (Wildman–Crippen MR) is 101 cm³/mol. The molecule has 0 saturated heterocycles. The molecule has 1 N–H and O–H groups in total. The third-order valence-electron chi connectivity index (χ3n) is 3.82. The zero-order valence-electron chi connectivity index (χ0n) is 13.5. The van der Waals surface area contributed by atoms with Crippen molar-refractivity contribution >= 4 is 27.5 Å². The number of nitrogens with zero attached hydrogens (tertiary/aromatic N) is 2. The van der Waals surface area contributed by atoms with E-state index in [0.29, 0.717) is 17.1 Å². The summed E-state index contributed by atoms with van der Waals surface area (Å²) in [5, 5.41) is 11.0. The highest BCUT2D eigenvalue weighted by Crippen LogP contribution is 2.25. The van der Waals surface area contributed by atoms with Crippen molar-refractivity contribution in [3.05, 3.63) is 81.3 Å². The first-order valence-electron chi connectivity index (χ1n) is 7.65. The molecule has 0 amide bonds. The summed E-state index contributed by atoms with van der Waals surface area (Å²) in [6, 6.07) is 15.7. The number of hydrogen-bond acceptors (Lipinski definition) is 2. The van der Waals surface area contributed by atoms with E-state index in [9.17, 15) is 5.11 Å². The summed E-state index contributed by atoms with van der Waals surface area (Å²) in [6.45, 7) is 3.47. The normalized spacial score (nSPS) is 11.7. The first-order valence-corrected chi connectivity index (χ1v) is 8.82. The summed E-state index contributed by atoms with van der Waals surface area (Å²) in [5.74, 6) is 0.836. The van der Waals surface area contributed by atoms with Gasteiger partial charge in [-0.15, -0.1) is 0 Å². The molecule has 2 aromatic carbocycles. The number of benzene rings is 2. The summed E-state index contributed by atoms with van der Waals surface area (Å²) >= 11 is 9.75. The first kappa shape index (κ1) is 17.2. The minimum absolute atomic E-state index is 0.589. The van der Waals surface area contributed by atoms with Crippen LogP contribution in [0.2, 0.25) is 5.02 Å². The lowest BCUT2D eigenvalue weighted by atomic mass is 10.1. The molecule has 0 aliphatic carbocycles. The molecule has 0 bridgehead atoms. The van der Waals surface area contributed by atoms with Crippen LogP contribution in [0, 0.1) is 0 Å². The van der Waals surface area contributed by atoms with Crippen molar-refractivity contribution in [1.82, 2.24) is 9.55 Å². The van der Waals surface area contributed by atoms with Crippen molar-refractivity contribution in [2.75, 3.05) is 0 Å². The topological polar surface area (TPSA) is 38.0 Å². The Morgan fingerprint density at radius 3 is 2.42 bits per heavy atom. The van der Waals surface area contributed by atoms with Crippen LogP contribution < -0.4 is 0 Å². The van der Waals surface area contributed by atoms with Gasteiger partial charge in [0.15, 0.2) is 0 Å². The molecule has 0 atom stereocenters. The summed E-state index contributed by atoms with van der Waals surface area (Å²) in [4.78, 5) is 4.66. The van der Waals surface area contributed by atoms with E-state index < -0.39 is 5.60 Å². The van der Waals surface area contributed by atoms with E-state index in [1.807, 2.05) is 59.3 Å². The molecule has 0 unspecified atom stereocenters. The number of aromatic nitrogens is 2. The highest BCUT2D eigenvalue weighted by atomic mass is 79.9. The lowest BCUT2D eigenvalue weighted by molar-refractivity contribution is 0.0741. The summed E-state index contributed by atoms with van der Waals surface area (Å²) in [5.41, 5.74) is 1.62. The maximum Gasteiger partial charge on any atom is 0.118 e. The Labute approximate surface area is 155 Å². The van der Waals surface area contributed by atoms with E-state index in [1.54, 1.807) is 13.8 Å². The Morgan fingerprint density at radius 1 is 1.12 bits per heavy atom. The molecule has 24 heavy (non-hydrogen) atoms. The number of halogens is 2. The molecule has 0 radical (unpaired) electrons. The van der Waals surface area contributed by atoms with Crippen molar-refractivity contribution in [3.63, 3.8) is 0 Å². The fourth-order valence-electron chi connectivity index (χ4n) is 2.48. The average Bonchev–Trinajstić information content (AvgIpc) is 2.94. The SMILES string of the molecule is CC(C)(O)c1cn(-c2ccc(Br)cc2)c(Cc2ccccc2Cl)n1. The monoisotopic (exact) mass is 404 g/mol. The van der Waals surface area contributed by atoms with Gasteiger partial charge in [-0.1, -0.05) is 45.7 Å². The molecule has 5 heteroatoms. The zero-order valence-corrected chi connectivity index (χ0v) is 15.8. The van der Waals surface area contributed by atoms with Crippen LogP contribution in [-0.2, 0) is 12.0 Å². The molecule has 1 heterocycles. The largest absolute Gasteiger partial charge is 0.384 e. The highest BCUT2D eigenvalue weighted by Gasteiger charge is 2.22. The molecule has 3 aromatic rings. The number of aliphatic hydroxyl groups is 1. The smallest absolute Gasteiger partial charge is 0.118 e. The van der Waals surface area contributed by atoms with Gasteiger partial charge in [0.1, 0.15) is 11.4 Å². The molecule has 0 spiro atoms. The van der Waals surface area contributed by atoms with Crippen molar-refractivity contribution in [2.45, 2.75) is 25.9 Å². The molecule has 0 saturated carbocycles. The molecule has 0 aliphatic rings. The summed E-state index contributed by atoms with van der Waals surface area (Å²) in [6.07, 6.45) is 2.47. The van der Waals surface area contributed by atoms with Crippen LogP contribution in [0.15, 0.2) is 59.2 Å². The van der Waals surface area contributed by atoms with Gasteiger partial charge in [0.25, 0.3) is 0 Å². The second kappa shape index (κ2) is 6.71. The lowest BCUT2D eigenvalue weighted by Crippen LogP contribution is -2.15. The average molecular weight is 406 g/mol. The van der Waals surface area contributed by atoms with Crippen molar-refractivity contribution < 1.29 is 5.11 Å². The maximum atomic E-state index is 10.3. The fraction of sp³-hybridized carbons (Fsp3) is 0.211. The molecule has 1 aromatic heterocycles. The molecule has 0 fully saturated rings. The summed E-state index contributed by atoms with van der Waals surface area (Å²) in [7, 11) is 0. The van der Waals surface area contributed by atoms with Gasteiger partial charge in [-0.25, -0.2) is 4.98 Å². The minimum atomic E-state index is -1.00. The van der Waals surface area contributed by atoms with Crippen molar-refractivity contribution in [1.29, 1.82) is 0 Å². The Balaban J connectivity index is 2.08. The van der Waals surface area contributed by atoms with Crippen molar-refractivity contribution in [2.24, 2.45) is 0 Å². The Hall–Kier alpha value is -1.62. The Kier molecular flexibility index (Phi) is 4.81. The predicted octanol–water partition coefficient (Wildman–Crippen LogP) is 5.11. The second-order valence-corrected chi connectivity index (χ2v) is 7.54. The van der Waals surface area contributed by atoms with Gasteiger partial charge >= 0.3 is 0 Å². The van der Waals surface area contributed by atoms with E-state index in [4.69, 9.17) is 11.6 Å². The molecular weight excluding hydrogens is 388 g/mol. The van der Waals surface area contributed by atoms with E-state index in [1.165, 1.54) is 0 Å². The minimum Gasteiger partial charge on any atom is -0.384 e. The van der Waals surface area contributed by atoms with Crippen LogP contribution >= 0.6 is 27.5 Å². The third-order valence-corrected chi connectivity index (χ3v) is 4.71. The zero-order chi connectivity index (χ0) is 17.3. The molecule has 124 valence electrons. The van der Waals surface area contributed by atoms with E-state index >= 15 is 0 Å². The summed E-state index contributed by atoms with van der Waals surface area (Å²) < 4.78 is 3.02. The number of hydrogen-bond donors (Lipinski definition) is 1. The van der Waals surface area contributed by atoms with Gasteiger partial charge in [-0.05, 0) is 49.7 Å². The number of rotatable bonds is 4. The molecule has 3 rings (SSSR count). The first-order chi connectivity index (χ1) is 11.3. The van der Waals surface area contributed by atoms with E-state index in [0.717, 1.165) is 21.5 Å². The van der Waals surface area contributed by atoms with Crippen LogP contribution in [0.4, 0.5) is 0 Å². The fourth-order valence-corrected chi connectivity index (χ4v) is 2.94. The Morgan fingerprint density at radius 2 is 1.79 bits per heavy atom. The van der Waals surface area contributed by atoms with Crippen LogP contribution in [0.1, 0.15) is 30.9 Å². The van der Waals surface area contributed by atoms with E-state index in [-0.39, 0.29) is 0 Å². The van der Waals surface area contributed by atoms with Gasteiger partial charge in [0, 0.05) is 27.8 Å². The van der Waals surface area contributed by atoms with Crippen LogP contribution in [0.5, 0.6) is 0 Å². The van der Waals surface area contributed by atoms with Crippen LogP contribution in [0.25, 0.3) is 5.69 Å². The highest BCUT2D eigenvalue weighted by molar-refractivity contribution is 9.10. The molecule has 0 aliphatic heterocycles. The quantitative estimate of drug-likeness (QED) is 0.655. The van der Waals surface area contributed by atoms with Gasteiger partial charge in [0.05, 0.1) is 5.69 Å². The van der Waals surface area contributed by atoms with Gasteiger partial charge in [-0.2, -0.15) is 0 Å². The molecular formula is C19H18BrClN2O. The second-order valence-electron chi connectivity index (χ2n) is 6.22. The maximum absolute atomic E-state index is 10.3. The standard InChI is InChI=1S/C19H18BrClN2O/c1-19(2,24)17-12-23(15-9-7-14(20)8-10-15)18(22-17)11-13-5-3-4-6-16(13)21/h3-10,12,24H,11H2,1-2H3. The molecule has 3 nitrogen and oxygen atoms in total. The van der Waals surface area contributed by atoms with E-state index in [2.05, 4.69) is 20.9 Å². The van der Waals surface area contributed by atoms with Gasteiger partial charge in [-0.3, -0.25) is 0 Å². The van der Waals surface area contributed by atoms with Crippen molar-refractivity contribution in [3.8, 4) is 5.69 Å². The lowest BCUT2D eigenvalue weighted by Gasteiger charge is -2.12. The Bertz CT molecular complexity index is 851. The number of imidazole rings is 1. The van der Waals surface area contributed by atoms with Crippen LogP contribution in [0.3, 0.4) is 0 Å².